The molecule has 0 aliphatic heterocycles. The van der Waals surface area contributed by atoms with Gasteiger partial charge in [0.2, 0.25) is 0 Å². The fourth-order valence-corrected chi connectivity index (χ4v) is 7.84. The Morgan fingerprint density at radius 2 is 0.517 bits per heavy atom. The zero-order valence-corrected chi connectivity index (χ0v) is 31.8. The van der Waals surface area contributed by atoms with E-state index < -0.39 is 0 Å². The van der Waals surface area contributed by atoms with Crippen molar-refractivity contribution in [1.82, 2.24) is 9.97 Å². The van der Waals surface area contributed by atoms with E-state index in [9.17, 15) is 0 Å². The highest BCUT2D eigenvalue weighted by Gasteiger charge is 2.14. The van der Waals surface area contributed by atoms with Crippen molar-refractivity contribution in [3.63, 3.8) is 0 Å². The Morgan fingerprint density at radius 3 is 1.00 bits per heavy atom. The highest BCUT2D eigenvalue weighted by molar-refractivity contribution is 5.94. The second kappa shape index (κ2) is 15.5. The Balaban J connectivity index is 0.964. The normalized spacial score (nSPS) is 11.1. The molecule has 0 aliphatic rings. The van der Waals surface area contributed by atoms with Crippen LogP contribution in [0.4, 0.5) is 0 Å². The summed E-state index contributed by atoms with van der Waals surface area (Å²) in [5.41, 5.74) is 18.0. The summed E-state index contributed by atoms with van der Waals surface area (Å²) < 4.78 is 0. The lowest BCUT2D eigenvalue weighted by atomic mass is 9.95. The molecule has 1 aromatic heterocycles. The van der Waals surface area contributed by atoms with Crippen LogP contribution in [-0.2, 0) is 0 Å². The van der Waals surface area contributed by atoms with Crippen LogP contribution in [0.3, 0.4) is 0 Å². The third-order valence-electron chi connectivity index (χ3n) is 10.9. The molecule has 0 amide bonds. The van der Waals surface area contributed by atoms with E-state index in [-0.39, 0.29) is 0 Å². The summed E-state index contributed by atoms with van der Waals surface area (Å²) in [6.07, 6.45) is 0. The van der Waals surface area contributed by atoms with Crippen molar-refractivity contribution in [2.24, 2.45) is 0 Å². The van der Waals surface area contributed by atoms with E-state index in [4.69, 9.17) is 9.97 Å². The van der Waals surface area contributed by atoms with Gasteiger partial charge in [-0.2, -0.15) is 0 Å². The molecule has 0 atom stereocenters. The van der Waals surface area contributed by atoms with E-state index in [1.807, 2.05) is 6.07 Å². The van der Waals surface area contributed by atoms with Crippen LogP contribution < -0.4 is 0 Å². The van der Waals surface area contributed by atoms with Gasteiger partial charge in [0.05, 0.1) is 11.2 Å². The molecule has 2 heteroatoms. The minimum absolute atomic E-state index is 0.703. The lowest BCUT2D eigenvalue weighted by Crippen LogP contribution is -1.95. The molecule has 0 saturated carbocycles. The molecule has 272 valence electrons. The zero-order chi connectivity index (χ0) is 38.7. The Labute approximate surface area is 339 Å². The third-order valence-corrected chi connectivity index (χ3v) is 10.9. The number of nitrogens with zero attached hydrogens (tertiary/aromatic N) is 2. The van der Waals surface area contributed by atoms with Crippen molar-refractivity contribution < 1.29 is 0 Å². The van der Waals surface area contributed by atoms with Gasteiger partial charge in [0, 0.05) is 16.5 Å². The molecule has 0 saturated heterocycles. The van der Waals surface area contributed by atoms with Gasteiger partial charge in [0.15, 0.2) is 5.82 Å². The predicted octanol–water partition coefficient (Wildman–Crippen LogP) is 15.0. The van der Waals surface area contributed by atoms with Crippen molar-refractivity contribution in [1.29, 1.82) is 0 Å². The molecule has 58 heavy (non-hydrogen) atoms. The SMILES string of the molecule is c1ccc(-c2ccc(-c3cccc(-c4cccc(-c5nc(-c6cccc(-c7cccc(-c8ccc(-c9ccccc9)cc8)c7)c6)c6ccccc6n5)c4)c3)cc2)cc1. The van der Waals surface area contributed by atoms with E-state index in [0.717, 1.165) is 50.0 Å². The number of hydrogen-bond donors (Lipinski definition) is 0. The third kappa shape index (κ3) is 7.11. The molecule has 0 aliphatic carbocycles. The summed E-state index contributed by atoms with van der Waals surface area (Å²) in [5.74, 6) is 0.703. The summed E-state index contributed by atoms with van der Waals surface area (Å²) in [5, 5.41) is 1.03. The minimum Gasteiger partial charge on any atom is -0.228 e. The molecule has 2 nitrogen and oxygen atoms in total. The van der Waals surface area contributed by atoms with Crippen LogP contribution in [-0.4, -0.2) is 9.97 Å². The quantitative estimate of drug-likeness (QED) is 0.155. The fraction of sp³-hybridized carbons (Fsp3) is 0. The number of fused-ring (bicyclic) bond motifs is 1. The molecule has 0 fully saturated rings. The van der Waals surface area contributed by atoms with Crippen molar-refractivity contribution in [3.8, 4) is 89.4 Å². The first-order chi connectivity index (χ1) is 28.7. The van der Waals surface area contributed by atoms with E-state index in [0.29, 0.717) is 5.82 Å². The van der Waals surface area contributed by atoms with Gasteiger partial charge < -0.3 is 0 Å². The molecule has 0 radical (unpaired) electrons. The summed E-state index contributed by atoms with van der Waals surface area (Å²) in [6, 6.07) is 81.8. The number of aromatic nitrogens is 2. The maximum Gasteiger partial charge on any atom is 0.160 e. The van der Waals surface area contributed by atoms with Crippen LogP contribution in [0.15, 0.2) is 231 Å². The number of para-hydroxylation sites is 1. The molecule has 9 aromatic carbocycles. The highest BCUT2D eigenvalue weighted by Crippen LogP contribution is 2.35. The van der Waals surface area contributed by atoms with Gasteiger partial charge >= 0.3 is 0 Å². The van der Waals surface area contributed by atoms with Crippen LogP contribution >= 0.6 is 0 Å². The maximum atomic E-state index is 5.30. The molecular formula is C56H38N2. The average molecular weight is 739 g/mol. The lowest BCUT2D eigenvalue weighted by molar-refractivity contribution is 1.23. The van der Waals surface area contributed by atoms with Crippen LogP contribution in [0.2, 0.25) is 0 Å². The Morgan fingerprint density at radius 1 is 0.207 bits per heavy atom. The van der Waals surface area contributed by atoms with E-state index in [1.165, 1.54) is 44.5 Å². The Kier molecular flexibility index (Phi) is 9.27. The van der Waals surface area contributed by atoms with Crippen LogP contribution in [0.1, 0.15) is 0 Å². The zero-order valence-electron chi connectivity index (χ0n) is 31.8. The van der Waals surface area contributed by atoms with Gasteiger partial charge in [-0.25, -0.2) is 9.97 Å². The van der Waals surface area contributed by atoms with Crippen LogP contribution in [0, 0.1) is 0 Å². The molecule has 0 bridgehead atoms. The van der Waals surface area contributed by atoms with Gasteiger partial charge in [0.1, 0.15) is 0 Å². The van der Waals surface area contributed by atoms with Crippen LogP contribution in [0.5, 0.6) is 0 Å². The Hall–Kier alpha value is -7.68. The van der Waals surface area contributed by atoms with Gasteiger partial charge in [-0.15, -0.1) is 0 Å². The molecule has 10 aromatic rings. The standard InChI is InChI=1S/C56H38N2/c1-3-13-39(14-4-1)41-27-31-43(32-28-41)45-17-9-19-47(35-45)49-21-11-23-51(37-49)55-53-25-7-8-26-54(53)57-56(58-55)52-24-12-22-50(38-52)48-20-10-18-46(36-48)44-33-29-42(30-34-44)40-15-5-2-6-16-40/h1-38H. The van der Waals surface area contributed by atoms with Crippen molar-refractivity contribution in [3.05, 3.63) is 231 Å². The van der Waals surface area contributed by atoms with E-state index in [1.54, 1.807) is 0 Å². The maximum absolute atomic E-state index is 5.30. The molecule has 10 rings (SSSR count). The molecule has 0 spiro atoms. The fourth-order valence-electron chi connectivity index (χ4n) is 7.84. The van der Waals surface area contributed by atoms with Crippen LogP contribution in [0.25, 0.3) is 100 Å². The van der Waals surface area contributed by atoms with Crippen molar-refractivity contribution >= 4 is 10.9 Å². The molecular weight excluding hydrogens is 701 g/mol. The van der Waals surface area contributed by atoms with Gasteiger partial charge in [-0.1, -0.05) is 200 Å². The van der Waals surface area contributed by atoms with E-state index in [2.05, 4.69) is 224 Å². The largest absolute Gasteiger partial charge is 0.228 e. The number of benzene rings is 9. The van der Waals surface area contributed by atoms with Crippen molar-refractivity contribution in [2.75, 3.05) is 0 Å². The number of rotatable bonds is 8. The second-order valence-corrected chi connectivity index (χ2v) is 14.6. The molecule has 0 unspecified atom stereocenters. The molecule has 1 heterocycles. The first-order valence-corrected chi connectivity index (χ1v) is 19.7. The first kappa shape index (κ1) is 34.8. The average Bonchev–Trinajstić information content (AvgIpc) is 3.32. The lowest BCUT2D eigenvalue weighted by Gasteiger charge is -2.12. The van der Waals surface area contributed by atoms with Gasteiger partial charge in [0.25, 0.3) is 0 Å². The number of hydrogen-bond acceptors (Lipinski definition) is 2. The summed E-state index contributed by atoms with van der Waals surface area (Å²) in [4.78, 5) is 10.4. The summed E-state index contributed by atoms with van der Waals surface area (Å²) >= 11 is 0. The molecule has 0 N–H and O–H groups in total. The smallest absolute Gasteiger partial charge is 0.160 e. The minimum atomic E-state index is 0.703. The Bertz CT molecular complexity index is 3020. The van der Waals surface area contributed by atoms with Gasteiger partial charge in [-0.05, 0) is 97.1 Å². The van der Waals surface area contributed by atoms with Crippen molar-refractivity contribution in [2.45, 2.75) is 0 Å². The van der Waals surface area contributed by atoms with E-state index >= 15 is 0 Å². The first-order valence-electron chi connectivity index (χ1n) is 19.7. The second-order valence-electron chi connectivity index (χ2n) is 14.6. The summed E-state index contributed by atoms with van der Waals surface area (Å²) in [6.45, 7) is 0. The summed E-state index contributed by atoms with van der Waals surface area (Å²) in [7, 11) is 0. The topological polar surface area (TPSA) is 25.8 Å². The predicted molar refractivity (Wildman–Crippen MR) is 243 cm³/mol. The highest BCUT2D eigenvalue weighted by atomic mass is 14.9. The monoisotopic (exact) mass is 738 g/mol. The van der Waals surface area contributed by atoms with Gasteiger partial charge in [-0.3, -0.25) is 0 Å².